The third-order valence-electron chi connectivity index (χ3n) is 2.95. The minimum absolute atomic E-state index is 0. The molecule has 0 aliphatic carbocycles. The van der Waals surface area contributed by atoms with Gasteiger partial charge in [-0.3, -0.25) is 4.99 Å². The molecule has 0 atom stereocenters. The smallest absolute Gasteiger partial charge is 0.191 e. The van der Waals surface area contributed by atoms with Crippen LogP contribution >= 0.6 is 24.0 Å². The molecule has 0 unspecified atom stereocenters. The molecule has 1 aromatic carbocycles. The van der Waals surface area contributed by atoms with Gasteiger partial charge in [0.15, 0.2) is 5.96 Å². The Balaban J connectivity index is 0.00000441. The van der Waals surface area contributed by atoms with Gasteiger partial charge in [-0.1, -0.05) is 24.3 Å². The molecule has 0 bridgehead atoms. The Hall–Kier alpha value is -0.860. The first-order valence-corrected chi connectivity index (χ1v) is 7.39. The third-order valence-corrected chi connectivity index (χ3v) is 2.95. The predicted molar refractivity (Wildman–Crippen MR) is 102 cm³/mol. The average molecular weight is 421 g/mol. The van der Waals surface area contributed by atoms with Gasteiger partial charge < -0.3 is 20.1 Å². The maximum absolute atomic E-state index is 5.30. The highest BCUT2D eigenvalue weighted by atomic mass is 127. The van der Waals surface area contributed by atoms with Gasteiger partial charge in [-0.05, 0) is 24.5 Å². The van der Waals surface area contributed by atoms with Crippen molar-refractivity contribution in [2.75, 3.05) is 33.9 Å². The summed E-state index contributed by atoms with van der Waals surface area (Å²) in [6, 6.07) is 8.34. The van der Waals surface area contributed by atoms with E-state index in [0.717, 1.165) is 38.7 Å². The molecule has 5 nitrogen and oxygen atoms in total. The first-order valence-electron chi connectivity index (χ1n) is 7.39. The second kappa shape index (κ2) is 13.8. The van der Waals surface area contributed by atoms with E-state index in [1.54, 1.807) is 14.2 Å². The number of nitrogens with one attached hydrogen (secondary N) is 2. The van der Waals surface area contributed by atoms with Crippen molar-refractivity contribution < 1.29 is 9.47 Å². The van der Waals surface area contributed by atoms with Gasteiger partial charge in [0.05, 0.1) is 6.61 Å². The topological polar surface area (TPSA) is 54.9 Å². The number of halogens is 1. The van der Waals surface area contributed by atoms with Gasteiger partial charge >= 0.3 is 0 Å². The summed E-state index contributed by atoms with van der Waals surface area (Å²) in [6.45, 7) is 5.78. The van der Waals surface area contributed by atoms with Crippen LogP contribution in [-0.2, 0) is 22.6 Å². The van der Waals surface area contributed by atoms with E-state index in [2.05, 4.69) is 33.8 Å². The Morgan fingerprint density at radius 3 is 2.68 bits per heavy atom. The third kappa shape index (κ3) is 9.22. The van der Waals surface area contributed by atoms with Crippen molar-refractivity contribution in [2.45, 2.75) is 26.5 Å². The van der Waals surface area contributed by atoms with E-state index >= 15 is 0 Å². The van der Waals surface area contributed by atoms with Crippen molar-refractivity contribution in [1.82, 2.24) is 10.6 Å². The van der Waals surface area contributed by atoms with Crippen molar-refractivity contribution >= 4 is 29.9 Å². The largest absolute Gasteiger partial charge is 0.382 e. The van der Waals surface area contributed by atoms with E-state index in [9.17, 15) is 0 Å². The number of methoxy groups -OCH3 is 1. The molecule has 0 aliphatic heterocycles. The summed E-state index contributed by atoms with van der Waals surface area (Å²) in [5.74, 6) is 0.809. The van der Waals surface area contributed by atoms with Crippen molar-refractivity contribution in [3.63, 3.8) is 0 Å². The highest BCUT2D eigenvalue weighted by Gasteiger charge is 1.99. The van der Waals surface area contributed by atoms with Crippen LogP contribution in [0.3, 0.4) is 0 Å². The number of aliphatic imine (C=N–C) groups is 1. The fourth-order valence-electron chi connectivity index (χ4n) is 1.93. The van der Waals surface area contributed by atoms with E-state index in [1.165, 1.54) is 11.1 Å². The molecule has 0 radical (unpaired) electrons. The van der Waals surface area contributed by atoms with Crippen LogP contribution in [-0.4, -0.2) is 39.9 Å². The van der Waals surface area contributed by atoms with E-state index in [1.807, 2.05) is 13.0 Å². The van der Waals surface area contributed by atoms with E-state index in [4.69, 9.17) is 9.47 Å². The molecule has 0 saturated heterocycles. The summed E-state index contributed by atoms with van der Waals surface area (Å²) < 4.78 is 10.4. The number of nitrogens with zero attached hydrogens (tertiary/aromatic N) is 1. The maximum atomic E-state index is 5.30. The normalized spacial score (nSPS) is 11.0. The number of guanidine groups is 1. The van der Waals surface area contributed by atoms with Crippen molar-refractivity contribution in [3.05, 3.63) is 35.4 Å². The standard InChI is InChI=1S/C16H27N3O2.HI/c1-4-21-10-6-9-18-16(17-2)19-12-14-7-5-8-15(11-14)13-20-3;/h5,7-8,11H,4,6,9-10,12-13H2,1-3H3,(H2,17,18,19);1H. The quantitative estimate of drug-likeness (QED) is 0.279. The van der Waals surface area contributed by atoms with Crippen LogP contribution in [0.4, 0.5) is 0 Å². The van der Waals surface area contributed by atoms with Crippen LogP contribution in [0.25, 0.3) is 0 Å². The first-order chi connectivity index (χ1) is 10.3. The van der Waals surface area contributed by atoms with Gasteiger partial charge in [-0.2, -0.15) is 0 Å². The van der Waals surface area contributed by atoms with Crippen molar-refractivity contribution in [3.8, 4) is 0 Å². The molecule has 0 heterocycles. The zero-order valence-electron chi connectivity index (χ0n) is 13.7. The van der Waals surface area contributed by atoms with Crippen LogP contribution < -0.4 is 10.6 Å². The number of hydrogen-bond acceptors (Lipinski definition) is 3. The fourth-order valence-corrected chi connectivity index (χ4v) is 1.93. The molecule has 2 N–H and O–H groups in total. The minimum Gasteiger partial charge on any atom is -0.382 e. The summed E-state index contributed by atoms with van der Waals surface area (Å²) in [5.41, 5.74) is 2.39. The lowest BCUT2D eigenvalue weighted by Gasteiger charge is -2.12. The predicted octanol–water partition coefficient (Wildman–Crippen LogP) is 2.54. The number of ether oxygens (including phenoxy) is 2. The fraction of sp³-hybridized carbons (Fsp3) is 0.562. The SMILES string of the molecule is CCOCCCNC(=NC)NCc1cccc(COC)c1.I. The lowest BCUT2D eigenvalue weighted by Crippen LogP contribution is -2.37. The summed E-state index contributed by atoms with van der Waals surface area (Å²) in [6.07, 6.45) is 0.970. The van der Waals surface area contributed by atoms with E-state index < -0.39 is 0 Å². The lowest BCUT2D eigenvalue weighted by molar-refractivity contribution is 0.145. The van der Waals surface area contributed by atoms with Crippen LogP contribution in [0.5, 0.6) is 0 Å². The van der Waals surface area contributed by atoms with E-state index in [-0.39, 0.29) is 24.0 Å². The van der Waals surface area contributed by atoms with Gasteiger partial charge in [-0.25, -0.2) is 0 Å². The molecule has 22 heavy (non-hydrogen) atoms. The van der Waals surface area contributed by atoms with E-state index in [0.29, 0.717) is 6.61 Å². The highest BCUT2D eigenvalue weighted by molar-refractivity contribution is 14.0. The maximum Gasteiger partial charge on any atom is 0.191 e. The zero-order valence-corrected chi connectivity index (χ0v) is 16.1. The molecular formula is C16H28IN3O2. The summed E-state index contributed by atoms with van der Waals surface area (Å²) in [7, 11) is 3.48. The van der Waals surface area contributed by atoms with Crippen LogP contribution in [0.15, 0.2) is 29.3 Å². The molecule has 0 aliphatic rings. The zero-order chi connectivity index (χ0) is 15.3. The van der Waals surface area contributed by atoms with Gasteiger partial charge in [0, 0.05) is 40.5 Å². The molecule has 0 aromatic heterocycles. The number of rotatable bonds is 9. The van der Waals surface area contributed by atoms with Crippen molar-refractivity contribution in [1.29, 1.82) is 0 Å². The second-order valence-electron chi connectivity index (χ2n) is 4.66. The lowest BCUT2D eigenvalue weighted by atomic mass is 10.1. The molecule has 0 spiro atoms. The van der Waals surface area contributed by atoms with Crippen LogP contribution in [0.1, 0.15) is 24.5 Å². The Bertz CT molecular complexity index is 428. The Kier molecular flexibility index (Phi) is 13.2. The second-order valence-corrected chi connectivity index (χ2v) is 4.66. The molecule has 1 rings (SSSR count). The van der Waals surface area contributed by atoms with Crippen LogP contribution in [0, 0.1) is 0 Å². The molecule has 6 heteroatoms. The molecule has 0 saturated carbocycles. The molecule has 0 amide bonds. The summed E-state index contributed by atoms with van der Waals surface area (Å²) in [5, 5.41) is 6.58. The highest BCUT2D eigenvalue weighted by Crippen LogP contribution is 2.06. The van der Waals surface area contributed by atoms with Gasteiger partial charge in [0.1, 0.15) is 0 Å². The minimum atomic E-state index is 0. The average Bonchev–Trinajstić information content (AvgIpc) is 2.51. The Morgan fingerprint density at radius 2 is 2.00 bits per heavy atom. The molecule has 0 fully saturated rings. The Morgan fingerprint density at radius 1 is 1.23 bits per heavy atom. The molecular weight excluding hydrogens is 393 g/mol. The molecule has 1 aromatic rings. The van der Waals surface area contributed by atoms with Gasteiger partial charge in [0.25, 0.3) is 0 Å². The first kappa shape index (κ1) is 21.1. The Labute approximate surface area is 150 Å². The summed E-state index contributed by atoms with van der Waals surface area (Å²) >= 11 is 0. The number of benzene rings is 1. The van der Waals surface area contributed by atoms with Gasteiger partial charge in [0.2, 0.25) is 0 Å². The van der Waals surface area contributed by atoms with Gasteiger partial charge in [-0.15, -0.1) is 24.0 Å². The molecule has 126 valence electrons. The monoisotopic (exact) mass is 421 g/mol. The number of hydrogen-bond donors (Lipinski definition) is 2. The van der Waals surface area contributed by atoms with Crippen LogP contribution in [0.2, 0.25) is 0 Å². The van der Waals surface area contributed by atoms with Crippen molar-refractivity contribution in [2.24, 2.45) is 4.99 Å². The summed E-state index contributed by atoms with van der Waals surface area (Å²) in [4.78, 5) is 4.21.